The number of carbonyl (C=O) groups excluding carboxylic acids is 2. The fourth-order valence-corrected chi connectivity index (χ4v) is 5.83. The number of aromatic amines is 1. The van der Waals surface area contributed by atoms with E-state index < -0.39 is 11.7 Å². The molecule has 4 aromatic heterocycles. The molecule has 0 saturated carbocycles. The monoisotopic (exact) mass is 644 g/mol. The number of methoxy groups -OCH3 is 1. The first-order valence-corrected chi connectivity index (χ1v) is 15.0. The van der Waals surface area contributed by atoms with E-state index in [-0.39, 0.29) is 23.2 Å². The van der Waals surface area contributed by atoms with Crippen LogP contribution in [0.4, 0.5) is 10.1 Å². The maximum absolute atomic E-state index is 15.1. The number of carbonyl (C=O) groups is 2. The van der Waals surface area contributed by atoms with Crippen molar-refractivity contribution < 1.29 is 23.5 Å². The number of hydrogen-bond acceptors (Lipinski definition) is 8. The first-order valence-electron chi connectivity index (χ1n) is 13.8. The van der Waals surface area contributed by atoms with E-state index in [0.717, 1.165) is 20.8 Å². The Balaban J connectivity index is 1.16. The molecule has 0 fully saturated rings. The summed E-state index contributed by atoms with van der Waals surface area (Å²) in [6.07, 6.45) is 3.33. The molecule has 6 rings (SSSR count). The highest BCUT2D eigenvalue weighted by molar-refractivity contribution is 7.22. The minimum absolute atomic E-state index is 0.0141. The van der Waals surface area contributed by atoms with Crippen molar-refractivity contribution in [3.8, 4) is 22.1 Å². The number of hydrogen-bond donors (Lipinski definition) is 2. The summed E-state index contributed by atoms with van der Waals surface area (Å²) in [5.74, 6) is -0.733. The van der Waals surface area contributed by atoms with Gasteiger partial charge in [0.25, 0.3) is 5.91 Å². The van der Waals surface area contributed by atoms with Crippen molar-refractivity contribution in [3.63, 3.8) is 0 Å². The molecular weight excluding hydrogens is 619 g/mol. The normalized spacial score (nSPS) is 11.2. The fourth-order valence-electron chi connectivity index (χ4n) is 4.61. The molecule has 0 aliphatic heterocycles. The maximum Gasteiger partial charge on any atom is 0.291 e. The SMILES string of the molecule is COCCN(Cc1ccc(-c2cc3nccc(Oc4ccc(NC(=O)c5nc6ccc(Cl)cc6[nH]5)cc4F)c3s2)nc1)C(C)=O. The van der Waals surface area contributed by atoms with Gasteiger partial charge in [-0.2, -0.15) is 0 Å². The van der Waals surface area contributed by atoms with Gasteiger partial charge in [0.15, 0.2) is 17.4 Å². The minimum Gasteiger partial charge on any atom is -0.453 e. The van der Waals surface area contributed by atoms with Crippen molar-refractivity contribution >= 4 is 61.7 Å². The van der Waals surface area contributed by atoms with Crippen molar-refractivity contribution in [2.75, 3.05) is 25.6 Å². The summed E-state index contributed by atoms with van der Waals surface area (Å²) in [6, 6.07) is 16.6. The number of pyridine rings is 2. The van der Waals surface area contributed by atoms with E-state index in [4.69, 9.17) is 21.1 Å². The zero-order chi connectivity index (χ0) is 31.5. The third kappa shape index (κ3) is 6.78. The van der Waals surface area contributed by atoms with Crippen LogP contribution in [0.3, 0.4) is 0 Å². The van der Waals surface area contributed by atoms with Gasteiger partial charge in [0.2, 0.25) is 5.91 Å². The fraction of sp³-hybridized carbons (Fsp3) is 0.156. The van der Waals surface area contributed by atoms with E-state index >= 15 is 4.39 Å². The summed E-state index contributed by atoms with van der Waals surface area (Å²) >= 11 is 7.43. The summed E-state index contributed by atoms with van der Waals surface area (Å²) in [5, 5.41) is 3.16. The predicted molar refractivity (Wildman–Crippen MR) is 171 cm³/mol. The van der Waals surface area contributed by atoms with Crippen molar-refractivity contribution in [1.82, 2.24) is 24.8 Å². The Hall–Kier alpha value is -4.91. The van der Waals surface area contributed by atoms with Crippen molar-refractivity contribution in [3.05, 3.63) is 95.3 Å². The highest BCUT2D eigenvalue weighted by Gasteiger charge is 2.17. The van der Waals surface area contributed by atoms with Gasteiger partial charge < -0.3 is 24.7 Å². The second-order valence-electron chi connectivity index (χ2n) is 10.1. The molecule has 0 saturated heterocycles. The topological polar surface area (TPSA) is 122 Å². The molecule has 0 spiro atoms. The van der Waals surface area contributed by atoms with E-state index in [1.165, 1.54) is 30.4 Å². The van der Waals surface area contributed by atoms with Gasteiger partial charge in [0.05, 0.1) is 38.4 Å². The number of halogens is 2. The van der Waals surface area contributed by atoms with Gasteiger partial charge in [-0.3, -0.25) is 19.6 Å². The van der Waals surface area contributed by atoms with Gasteiger partial charge in [0.1, 0.15) is 5.75 Å². The van der Waals surface area contributed by atoms with Crippen LogP contribution in [0.2, 0.25) is 5.02 Å². The van der Waals surface area contributed by atoms with E-state index in [1.54, 1.807) is 54.7 Å². The molecule has 10 nitrogen and oxygen atoms in total. The van der Waals surface area contributed by atoms with E-state index in [1.807, 2.05) is 18.2 Å². The number of nitrogens with one attached hydrogen (secondary N) is 2. The largest absolute Gasteiger partial charge is 0.453 e. The van der Waals surface area contributed by atoms with Crippen LogP contribution in [0.5, 0.6) is 11.5 Å². The standard InChI is InChI=1S/C32H26ClFN6O4S/c1-18(41)40(11-12-43-2)17-19-3-6-24(36-16-19)29-15-26-30(45-29)28(9-10-35-26)44-27-8-5-21(14-22(27)34)37-32(42)31-38-23-7-4-20(33)13-25(23)39-31/h3-10,13-16H,11-12,17H2,1-2H3,(H,37,42)(H,38,39). The number of imidazole rings is 1. The third-order valence-corrected chi connectivity index (χ3v) is 8.30. The molecule has 228 valence electrons. The number of aromatic nitrogens is 4. The molecule has 0 aliphatic rings. The number of nitrogens with zero attached hydrogens (tertiary/aromatic N) is 4. The summed E-state index contributed by atoms with van der Waals surface area (Å²) < 4.78 is 26.9. The smallest absolute Gasteiger partial charge is 0.291 e. The summed E-state index contributed by atoms with van der Waals surface area (Å²) in [7, 11) is 1.60. The lowest BCUT2D eigenvalue weighted by Crippen LogP contribution is -2.31. The van der Waals surface area contributed by atoms with Crippen LogP contribution >= 0.6 is 22.9 Å². The predicted octanol–water partition coefficient (Wildman–Crippen LogP) is 7.07. The Labute approximate surface area is 265 Å². The van der Waals surface area contributed by atoms with E-state index in [0.29, 0.717) is 47.0 Å². The molecule has 45 heavy (non-hydrogen) atoms. The molecule has 0 bridgehead atoms. The van der Waals surface area contributed by atoms with Gasteiger partial charge in [-0.25, -0.2) is 9.37 Å². The quantitative estimate of drug-likeness (QED) is 0.164. The lowest BCUT2D eigenvalue weighted by molar-refractivity contribution is -0.130. The van der Waals surface area contributed by atoms with Gasteiger partial charge in [-0.15, -0.1) is 11.3 Å². The van der Waals surface area contributed by atoms with Gasteiger partial charge in [-0.1, -0.05) is 17.7 Å². The summed E-state index contributed by atoms with van der Waals surface area (Å²) in [4.78, 5) is 43.5. The number of rotatable bonds is 10. The van der Waals surface area contributed by atoms with Crippen LogP contribution in [-0.4, -0.2) is 56.9 Å². The molecule has 0 unspecified atom stereocenters. The molecule has 6 aromatic rings. The summed E-state index contributed by atoms with van der Waals surface area (Å²) in [5.41, 5.74) is 3.75. The average molecular weight is 645 g/mol. The summed E-state index contributed by atoms with van der Waals surface area (Å²) in [6.45, 7) is 2.91. The number of anilines is 1. The van der Waals surface area contributed by atoms with Gasteiger partial charge in [-0.05, 0) is 48.0 Å². The van der Waals surface area contributed by atoms with E-state index in [9.17, 15) is 9.59 Å². The molecular formula is C32H26ClFN6O4S. The van der Waals surface area contributed by atoms with Crippen molar-refractivity contribution in [2.24, 2.45) is 0 Å². The van der Waals surface area contributed by atoms with Gasteiger partial charge >= 0.3 is 0 Å². The molecule has 2 N–H and O–H groups in total. The number of thiophene rings is 1. The number of ether oxygens (including phenoxy) is 2. The van der Waals surface area contributed by atoms with Crippen LogP contribution in [0, 0.1) is 5.82 Å². The molecule has 13 heteroatoms. The van der Waals surface area contributed by atoms with Gasteiger partial charge in [0, 0.05) is 62.4 Å². The third-order valence-electron chi connectivity index (χ3n) is 6.91. The van der Waals surface area contributed by atoms with Crippen molar-refractivity contribution in [2.45, 2.75) is 13.5 Å². The molecule has 4 heterocycles. The molecule has 0 aliphatic carbocycles. The van der Waals surface area contributed by atoms with Crippen LogP contribution < -0.4 is 10.1 Å². The maximum atomic E-state index is 15.1. The lowest BCUT2D eigenvalue weighted by Gasteiger charge is -2.20. The molecule has 0 radical (unpaired) electrons. The van der Waals surface area contributed by atoms with Crippen LogP contribution in [-0.2, 0) is 16.1 Å². The van der Waals surface area contributed by atoms with Crippen LogP contribution in [0.25, 0.3) is 31.8 Å². The number of benzene rings is 2. The molecule has 2 amide bonds. The second kappa shape index (κ2) is 13.0. The molecule has 0 atom stereocenters. The number of amides is 2. The minimum atomic E-state index is -0.659. The zero-order valence-corrected chi connectivity index (χ0v) is 25.7. The Morgan fingerprint density at radius 3 is 2.67 bits per heavy atom. The Kier molecular flexibility index (Phi) is 8.69. The van der Waals surface area contributed by atoms with Crippen LogP contribution in [0.1, 0.15) is 23.1 Å². The Morgan fingerprint density at radius 1 is 1.04 bits per heavy atom. The van der Waals surface area contributed by atoms with E-state index in [2.05, 4.69) is 25.3 Å². The first-order chi connectivity index (χ1) is 21.8. The Bertz CT molecular complexity index is 2030. The van der Waals surface area contributed by atoms with Crippen molar-refractivity contribution in [1.29, 1.82) is 0 Å². The number of fused-ring (bicyclic) bond motifs is 2. The number of H-pyrrole nitrogens is 1. The lowest BCUT2D eigenvalue weighted by atomic mass is 10.2. The van der Waals surface area contributed by atoms with Crippen LogP contribution in [0.15, 0.2) is 73.1 Å². The Morgan fingerprint density at radius 2 is 1.91 bits per heavy atom. The highest BCUT2D eigenvalue weighted by atomic mass is 35.5. The first kappa shape index (κ1) is 30.1. The zero-order valence-electron chi connectivity index (χ0n) is 24.1. The second-order valence-corrected chi connectivity index (χ2v) is 11.6. The molecule has 2 aromatic carbocycles. The average Bonchev–Trinajstić information content (AvgIpc) is 3.66. The highest BCUT2D eigenvalue weighted by Crippen LogP contribution is 2.39.